The molecular weight excluding hydrogens is 256 g/mol. The maximum absolute atomic E-state index is 9.33. The molecule has 2 rings (SSSR count). The summed E-state index contributed by atoms with van der Waals surface area (Å²) >= 11 is 7.42. The standard InChI is InChI=1S/C12H19ClN2OS/c13-7-10-9-17-12(14-10)4-6-15-5-2-1-3-11(15)8-16/h9,11,16H,1-8H2. The average Bonchev–Trinajstić information content (AvgIpc) is 2.84. The Labute approximate surface area is 111 Å². The number of hydrogen-bond donors (Lipinski definition) is 1. The quantitative estimate of drug-likeness (QED) is 0.837. The van der Waals surface area contributed by atoms with Crippen molar-refractivity contribution in [1.29, 1.82) is 0 Å². The number of hydrogen-bond acceptors (Lipinski definition) is 4. The van der Waals surface area contributed by atoms with E-state index in [9.17, 15) is 5.11 Å². The van der Waals surface area contributed by atoms with Gasteiger partial charge in [0.05, 0.1) is 23.2 Å². The van der Waals surface area contributed by atoms with Gasteiger partial charge >= 0.3 is 0 Å². The van der Waals surface area contributed by atoms with E-state index < -0.39 is 0 Å². The van der Waals surface area contributed by atoms with E-state index in [1.807, 2.05) is 5.38 Å². The molecule has 1 fully saturated rings. The van der Waals surface area contributed by atoms with Crippen molar-refractivity contribution in [2.24, 2.45) is 0 Å². The Hall–Kier alpha value is -0.160. The van der Waals surface area contributed by atoms with Crippen LogP contribution < -0.4 is 0 Å². The molecule has 96 valence electrons. The van der Waals surface area contributed by atoms with Crippen LogP contribution in [0.25, 0.3) is 0 Å². The van der Waals surface area contributed by atoms with Crippen LogP contribution >= 0.6 is 22.9 Å². The highest BCUT2D eigenvalue weighted by atomic mass is 35.5. The summed E-state index contributed by atoms with van der Waals surface area (Å²) in [7, 11) is 0. The molecule has 0 aliphatic carbocycles. The fraction of sp³-hybridized carbons (Fsp3) is 0.750. The molecule has 2 heterocycles. The Bertz CT molecular complexity index is 345. The largest absolute Gasteiger partial charge is 0.395 e. The van der Waals surface area contributed by atoms with Crippen LogP contribution in [0.15, 0.2) is 5.38 Å². The monoisotopic (exact) mass is 274 g/mol. The molecule has 1 aliphatic rings. The van der Waals surface area contributed by atoms with E-state index in [2.05, 4.69) is 9.88 Å². The number of nitrogens with zero attached hydrogens (tertiary/aromatic N) is 2. The summed E-state index contributed by atoms with van der Waals surface area (Å²) in [5.41, 5.74) is 0.976. The number of thiazole rings is 1. The Kier molecular flexibility index (Phi) is 5.22. The molecular formula is C12H19ClN2OS. The van der Waals surface area contributed by atoms with Crippen molar-refractivity contribution in [2.75, 3.05) is 19.7 Å². The van der Waals surface area contributed by atoms with Crippen LogP contribution in [-0.4, -0.2) is 40.7 Å². The van der Waals surface area contributed by atoms with Gasteiger partial charge in [-0.05, 0) is 19.4 Å². The number of aliphatic hydroxyl groups is 1. The first-order chi connectivity index (χ1) is 8.33. The number of halogens is 1. The molecule has 3 nitrogen and oxygen atoms in total. The summed E-state index contributed by atoms with van der Waals surface area (Å²) in [5.74, 6) is 0.499. The lowest BCUT2D eigenvalue weighted by molar-refractivity contribution is 0.0913. The van der Waals surface area contributed by atoms with Crippen LogP contribution in [0.5, 0.6) is 0 Å². The van der Waals surface area contributed by atoms with Crippen LogP contribution in [0.4, 0.5) is 0 Å². The van der Waals surface area contributed by atoms with Crippen molar-refractivity contribution in [2.45, 2.75) is 37.6 Å². The Morgan fingerprint density at radius 3 is 3.12 bits per heavy atom. The minimum absolute atomic E-state index is 0.283. The van der Waals surface area contributed by atoms with E-state index in [-0.39, 0.29) is 6.61 Å². The lowest BCUT2D eigenvalue weighted by Crippen LogP contribution is -2.42. The fourth-order valence-electron chi connectivity index (χ4n) is 2.33. The highest BCUT2D eigenvalue weighted by Gasteiger charge is 2.21. The number of aromatic nitrogens is 1. The minimum atomic E-state index is 0.283. The van der Waals surface area contributed by atoms with Crippen molar-refractivity contribution in [1.82, 2.24) is 9.88 Å². The van der Waals surface area contributed by atoms with Gasteiger partial charge in [-0.2, -0.15) is 0 Å². The van der Waals surface area contributed by atoms with Crippen LogP contribution in [0.3, 0.4) is 0 Å². The first kappa shape index (κ1) is 13.3. The van der Waals surface area contributed by atoms with E-state index in [1.165, 1.54) is 12.8 Å². The highest BCUT2D eigenvalue weighted by Crippen LogP contribution is 2.18. The third-order valence-corrected chi connectivity index (χ3v) is 4.54. The molecule has 0 bridgehead atoms. The zero-order valence-corrected chi connectivity index (χ0v) is 11.5. The van der Waals surface area contributed by atoms with Gasteiger partial charge in [0, 0.05) is 24.4 Å². The molecule has 0 amide bonds. The van der Waals surface area contributed by atoms with Gasteiger partial charge in [-0.1, -0.05) is 6.42 Å². The van der Waals surface area contributed by atoms with Crippen molar-refractivity contribution in [3.63, 3.8) is 0 Å². The molecule has 1 aliphatic heterocycles. The molecule has 0 spiro atoms. The first-order valence-electron chi connectivity index (χ1n) is 6.17. The van der Waals surface area contributed by atoms with Gasteiger partial charge in [-0.15, -0.1) is 22.9 Å². The maximum atomic E-state index is 9.33. The number of rotatable bonds is 5. The van der Waals surface area contributed by atoms with Gasteiger partial charge in [-0.25, -0.2) is 4.98 Å². The predicted molar refractivity (Wildman–Crippen MR) is 71.7 cm³/mol. The molecule has 0 saturated carbocycles. The summed E-state index contributed by atoms with van der Waals surface area (Å²) in [4.78, 5) is 6.86. The Morgan fingerprint density at radius 1 is 1.53 bits per heavy atom. The normalized spacial score (nSPS) is 21.9. The van der Waals surface area contributed by atoms with Crippen molar-refractivity contribution in [3.05, 3.63) is 16.1 Å². The zero-order chi connectivity index (χ0) is 12.1. The highest BCUT2D eigenvalue weighted by molar-refractivity contribution is 7.09. The smallest absolute Gasteiger partial charge is 0.0941 e. The minimum Gasteiger partial charge on any atom is -0.395 e. The van der Waals surface area contributed by atoms with Gasteiger partial charge in [0.15, 0.2) is 0 Å². The Morgan fingerprint density at radius 2 is 2.41 bits per heavy atom. The first-order valence-corrected chi connectivity index (χ1v) is 7.59. The summed E-state index contributed by atoms with van der Waals surface area (Å²) in [6.07, 6.45) is 4.59. The topological polar surface area (TPSA) is 36.4 Å². The van der Waals surface area contributed by atoms with Gasteiger partial charge in [0.25, 0.3) is 0 Å². The van der Waals surface area contributed by atoms with Crippen LogP contribution in [-0.2, 0) is 12.3 Å². The molecule has 1 N–H and O–H groups in total. The second-order valence-corrected chi connectivity index (χ2v) is 5.69. The molecule has 1 aromatic rings. The van der Waals surface area contributed by atoms with E-state index in [1.54, 1.807) is 11.3 Å². The van der Waals surface area contributed by atoms with E-state index in [0.29, 0.717) is 11.9 Å². The van der Waals surface area contributed by atoms with Gasteiger partial charge < -0.3 is 5.11 Å². The van der Waals surface area contributed by atoms with Gasteiger partial charge in [0.2, 0.25) is 0 Å². The number of piperidine rings is 1. The van der Waals surface area contributed by atoms with E-state index in [4.69, 9.17) is 11.6 Å². The lowest BCUT2D eigenvalue weighted by Gasteiger charge is -2.34. The molecule has 5 heteroatoms. The lowest BCUT2D eigenvalue weighted by atomic mass is 10.0. The average molecular weight is 275 g/mol. The second kappa shape index (κ2) is 6.69. The summed E-state index contributed by atoms with van der Waals surface area (Å²) in [5, 5.41) is 12.5. The SMILES string of the molecule is OCC1CCCCN1CCc1nc(CCl)cs1. The fourth-order valence-corrected chi connectivity index (χ4v) is 3.34. The van der Waals surface area contributed by atoms with Gasteiger partial charge in [-0.3, -0.25) is 4.90 Å². The van der Waals surface area contributed by atoms with Crippen molar-refractivity contribution in [3.8, 4) is 0 Å². The number of alkyl halides is 1. The third kappa shape index (κ3) is 3.65. The molecule has 1 aromatic heterocycles. The summed E-state index contributed by atoms with van der Waals surface area (Å²) in [6.45, 7) is 2.39. The molecule has 17 heavy (non-hydrogen) atoms. The number of aliphatic hydroxyl groups excluding tert-OH is 1. The third-order valence-electron chi connectivity index (χ3n) is 3.31. The zero-order valence-electron chi connectivity index (χ0n) is 9.94. The molecule has 0 radical (unpaired) electrons. The summed E-state index contributed by atoms with van der Waals surface area (Å²) in [6, 6.07) is 0.358. The van der Waals surface area contributed by atoms with Gasteiger partial charge in [0.1, 0.15) is 0 Å². The summed E-state index contributed by atoms with van der Waals surface area (Å²) < 4.78 is 0. The second-order valence-electron chi connectivity index (χ2n) is 4.48. The van der Waals surface area contributed by atoms with Crippen molar-refractivity contribution < 1.29 is 5.11 Å². The van der Waals surface area contributed by atoms with E-state index in [0.717, 1.165) is 36.6 Å². The molecule has 1 saturated heterocycles. The molecule has 1 unspecified atom stereocenters. The molecule has 1 atom stereocenters. The van der Waals surface area contributed by atoms with Crippen molar-refractivity contribution >= 4 is 22.9 Å². The Balaban J connectivity index is 1.83. The van der Waals surface area contributed by atoms with Crippen LogP contribution in [0.1, 0.15) is 30.0 Å². The predicted octanol–water partition coefficient (Wildman–Crippen LogP) is 2.27. The molecule has 0 aromatic carbocycles. The van der Waals surface area contributed by atoms with E-state index >= 15 is 0 Å². The number of likely N-dealkylation sites (tertiary alicyclic amines) is 1. The van der Waals surface area contributed by atoms with Crippen LogP contribution in [0, 0.1) is 0 Å². The maximum Gasteiger partial charge on any atom is 0.0941 e. The van der Waals surface area contributed by atoms with Crippen LogP contribution in [0.2, 0.25) is 0 Å².